The minimum Gasteiger partial charge on any atom is -0.370 e. The molecule has 0 saturated carbocycles. The number of nitrogens with zero attached hydrogens (tertiary/aromatic N) is 2. The van der Waals surface area contributed by atoms with E-state index < -0.39 is 0 Å². The van der Waals surface area contributed by atoms with Gasteiger partial charge in [0, 0.05) is 27.1 Å². The Kier molecular flexibility index (Phi) is 11.7. The minimum absolute atomic E-state index is 0.181. The molecule has 0 aromatic heterocycles. The Morgan fingerprint density at radius 1 is 1.27 bits per heavy atom. The van der Waals surface area contributed by atoms with Gasteiger partial charge in [0.15, 0.2) is 5.96 Å². The van der Waals surface area contributed by atoms with Gasteiger partial charge in [-0.2, -0.15) is 0 Å². The fourth-order valence-corrected chi connectivity index (χ4v) is 0.682. The summed E-state index contributed by atoms with van der Waals surface area (Å²) in [4.78, 5) is 15.8. The van der Waals surface area contributed by atoms with Crippen LogP contribution in [-0.4, -0.2) is 37.4 Å². The molecule has 0 heterocycles. The molecule has 0 saturated heterocycles. The van der Waals surface area contributed by atoms with E-state index in [-0.39, 0.29) is 11.9 Å². The van der Waals surface area contributed by atoms with Gasteiger partial charge < -0.3 is 16.4 Å². The molecule has 0 aliphatic heterocycles. The SMILES string of the molecule is CCC(=O)N(C)C.CCCCN=C(N)N. The molecule has 0 bridgehead atoms. The van der Waals surface area contributed by atoms with Crippen molar-refractivity contribution in [1.29, 1.82) is 0 Å². The fraction of sp³-hybridized carbons (Fsp3) is 0.800. The van der Waals surface area contributed by atoms with Gasteiger partial charge in [-0.3, -0.25) is 9.79 Å². The van der Waals surface area contributed by atoms with Crippen molar-refractivity contribution >= 4 is 11.9 Å². The number of hydrogen-bond acceptors (Lipinski definition) is 2. The molecule has 0 aliphatic rings. The summed E-state index contributed by atoms with van der Waals surface area (Å²) in [6.07, 6.45) is 2.81. The van der Waals surface area contributed by atoms with E-state index in [1.807, 2.05) is 6.92 Å². The zero-order valence-corrected chi connectivity index (χ0v) is 10.3. The second kappa shape index (κ2) is 10.8. The fourth-order valence-electron chi connectivity index (χ4n) is 0.682. The lowest BCUT2D eigenvalue weighted by molar-refractivity contribution is -0.128. The first-order valence-corrected chi connectivity index (χ1v) is 5.21. The highest BCUT2D eigenvalue weighted by Gasteiger charge is 1.95. The second-order valence-corrected chi connectivity index (χ2v) is 3.30. The van der Waals surface area contributed by atoms with Crippen LogP contribution in [-0.2, 0) is 4.79 Å². The number of carbonyl (C=O) groups excluding carboxylic acids is 1. The number of rotatable bonds is 4. The van der Waals surface area contributed by atoms with Gasteiger partial charge >= 0.3 is 0 Å². The van der Waals surface area contributed by atoms with E-state index in [1.54, 1.807) is 19.0 Å². The normalized spacial score (nSPS) is 8.53. The summed E-state index contributed by atoms with van der Waals surface area (Å²) < 4.78 is 0. The quantitative estimate of drug-likeness (QED) is 0.409. The number of aliphatic imine (C=N–C) groups is 1. The van der Waals surface area contributed by atoms with Crippen LogP contribution in [0, 0.1) is 0 Å². The molecule has 1 amide bonds. The third-order valence-electron chi connectivity index (χ3n) is 1.61. The topological polar surface area (TPSA) is 84.7 Å². The molecule has 5 heteroatoms. The smallest absolute Gasteiger partial charge is 0.221 e. The predicted octanol–water partition coefficient (Wildman–Crippen LogP) is 0.545. The Morgan fingerprint density at radius 2 is 1.80 bits per heavy atom. The van der Waals surface area contributed by atoms with Crippen LogP contribution in [0.1, 0.15) is 33.1 Å². The van der Waals surface area contributed by atoms with E-state index in [1.165, 1.54) is 0 Å². The first-order chi connectivity index (χ1) is 6.95. The Labute approximate surface area is 92.5 Å². The van der Waals surface area contributed by atoms with Gasteiger partial charge in [0.05, 0.1) is 0 Å². The first kappa shape index (κ1) is 16.2. The summed E-state index contributed by atoms with van der Waals surface area (Å²) in [5.41, 5.74) is 10.1. The highest BCUT2D eigenvalue weighted by atomic mass is 16.2. The zero-order chi connectivity index (χ0) is 12.3. The number of amides is 1. The molecule has 0 aromatic rings. The Balaban J connectivity index is 0. The first-order valence-electron chi connectivity index (χ1n) is 5.21. The summed E-state index contributed by atoms with van der Waals surface area (Å²) in [6.45, 7) is 4.71. The van der Waals surface area contributed by atoms with Crippen LogP contribution in [0.25, 0.3) is 0 Å². The lowest BCUT2D eigenvalue weighted by Crippen LogP contribution is -2.22. The Morgan fingerprint density at radius 3 is 2.00 bits per heavy atom. The van der Waals surface area contributed by atoms with Gasteiger partial charge in [-0.15, -0.1) is 0 Å². The van der Waals surface area contributed by atoms with Gasteiger partial charge in [-0.05, 0) is 6.42 Å². The van der Waals surface area contributed by atoms with Crippen LogP contribution < -0.4 is 11.5 Å². The van der Waals surface area contributed by atoms with Crippen LogP contribution in [0.5, 0.6) is 0 Å². The maximum atomic E-state index is 10.4. The van der Waals surface area contributed by atoms with E-state index in [9.17, 15) is 4.79 Å². The largest absolute Gasteiger partial charge is 0.370 e. The summed E-state index contributed by atoms with van der Waals surface area (Å²) in [5.74, 6) is 0.374. The van der Waals surface area contributed by atoms with Gasteiger partial charge in [0.25, 0.3) is 0 Å². The molecule has 0 spiro atoms. The molecule has 0 atom stereocenters. The number of guanidine groups is 1. The van der Waals surface area contributed by atoms with Crippen molar-refractivity contribution in [2.75, 3.05) is 20.6 Å². The third kappa shape index (κ3) is 15.5. The number of carbonyl (C=O) groups is 1. The van der Waals surface area contributed by atoms with Crippen molar-refractivity contribution < 1.29 is 4.79 Å². The van der Waals surface area contributed by atoms with E-state index >= 15 is 0 Å². The average molecular weight is 216 g/mol. The number of unbranched alkanes of at least 4 members (excludes halogenated alkanes) is 1. The molecule has 0 unspecified atom stereocenters. The lowest BCUT2D eigenvalue weighted by atomic mass is 10.3. The van der Waals surface area contributed by atoms with E-state index in [4.69, 9.17) is 11.5 Å². The van der Waals surface area contributed by atoms with Crippen molar-refractivity contribution in [3.8, 4) is 0 Å². The van der Waals surface area contributed by atoms with Crippen LogP contribution in [0.4, 0.5) is 0 Å². The Bertz CT molecular complexity index is 186. The van der Waals surface area contributed by atoms with Crippen LogP contribution in [0.3, 0.4) is 0 Å². The number of hydrogen-bond donors (Lipinski definition) is 2. The highest BCUT2D eigenvalue weighted by Crippen LogP contribution is 1.84. The van der Waals surface area contributed by atoms with Gasteiger partial charge in [0.2, 0.25) is 5.91 Å². The molecule has 15 heavy (non-hydrogen) atoms. The molecule has 90 valence electrons. The maximum Gasteiger partial charge on any atom is 0.221 e. The minimum atomic E-state index is 0.181. The van der Waals surface area contributed by atoms with E-state index in [2.05, 4.69) is 11.9 Å². The summed E-state index contributed by atoms with van der Waals surface area (Å²) in [5, 5.41) is 0. The van der Waals surface area contributed by atoms with Gasteiger partial charge in [-0.1, -0.05) is 20.3 Å². The summed E-state index contributed by atoms with van der Waals surface area (Å²) >= 11 is 0. The van der Waals surface area contributed by atoms with Crippen LogP contribution in [0.15, 0.2) is 4.99 Å². The van der Waals surface area contributed by atoms with Crippen molar-refractivity contribution in [3.05, 3.63) is 0 Å². The van der Waals surface area contributed by atoms with Gasteiger partial charge in [0.1, 0.15) is 0 Å². The van der Waals surface area contributed by atoms with E-state index in [0.29, 0.717) is 6.42 Å². The molecule has 0 radical (unpaired) electrons. The third-order valence-corrected chi connectivity index (χ3v) is 1.61. The molecule has 0 aromatic carbocycles. The molecule has 0 rings (SSSR count). The molecular formula is C10H24N4O. The van der Waals surface area contributed by atoms with Crippen LogP contribution in [0.2, 0.25) is 0 Å². The summed E-state index contributed by atoms with van der Waals surface area (Å²) in [6, 6.07) is 0. The highest BCUT2D eigenvalue weighted by molar-refractivity contribution is 5.75. The maximum absolute atomic E-state index is 10.4. The Hall–Kier alpha value is -1.26. The van der Waals surface area contributed by atoms with Gasteiger partial charge in [-0.25, -0.2) is 0 Å². The average Bonchev–Trinajstić information content (AvgIpc) is 2.17. The monoisotopic (exact) mass is 216 g/mol. The van der Waals surface area contributed by atoms with Crippen molar-refractivity contribution in [2.45, 2.75) is 33.1 Å². The molecule has 4 N–H and O–H groups in total. The second-order valence-electron chi connectivity index (χ2n) is 3.30. The predicted molar refractivity (Wildman–Crippen MR) is 64.6 cm³/mol. The molecule has 0 aliphatic carbocycles. The van der Waals surface area contributed by atoms with Crippen molar-refractivity contribution in [1.82, 2.24) is 4.90 Å². The summed E-state index contributed by atoms with van der Waals surface area (Å²) in [7, 11) is 3.51. The van der Waals surface area contributed by atoms with Crippen LogP contribution >= 0.6 is 0 Å². The number of nitrogens with two attached hydrogens (primary N) is 2. The molecular weight excluding hydrogens is 192 g/mol. The van der Waals surface area contributed by atoms with Crippen molar-refractivity contribution in [3.63, 3.8) is 0 Å². The molecule has 5 nitrogen and oxygen atoms in total. The molecule has 0 fully saturated rings. The standard InChI is InChI=1S/C5H13N3.C5H11NO/c1-2-3-4-8-5(6)7;1-4-5(7)6(2)3/h2-4H2,1H3,(H4,6,7,8);4H2,1-3H3. The van der Waals surface area contributed by atoms with E-state index in [0.717, 1.165) is 19.4 Å². The van der Waals surface area contributed by atoms with Crippen molar-refractivity contribution in [2.24, 2.45) is 16.5 Å². The lowest BCUT2D eigenvalue weighted by Gasteiger charge is -2.05. The zero-order valence-electron chi connectivity index (χ0n) is 10.3.